The fourth-order valence-corrected chi connectivity index (χ4v) is 3.91. The Morgan fingerprint density at radius 3 is 2.76 bits per heavy atom. The average molecular weight is 291 g/mol. The van der Waals surface area contributed by atoms with Crippen molar-refractivity contribution in [2.24, 2.45) is 11.3 Å². The molecule has 1 aromatic rings. The van der Waals surface area contributed by atoms with Crippen LogP contribution in [0.25, 0.3) is 0 Å². The van der Waals surface area contributed by atoms with E-state index in [9.17, 15) is 0 Å². The van der Waals surface area contributed by atoms with Crippen LogP contribution < -0.4 is 14.8 Å². The molecule has 1 saturated heterocycles. The Bertz CT molecular complexity index is 515. The van der Waals surface area contributed by atoms with E-state index < -0.39 is 0 Å². The molecule has 0 bridgehead atoms. The molecule has 4 nitrogen and oxygen atoms in total. The van der Waals surface area contributed by atoms with E-state index >= 15 is 0 Å². The van der Waals surface area contributed by atoms with E-state index in [0.29, 0.717) is 18.1 Å². The molecule has 3 atom stereocenters. The second-order valence-corrected chi connectivity index (χ2v) is 6.61. The molecule has 21 heavy (non-hydrogen) atoms. The number of fused-ring (bicyclic) bond motifs is 1. The molecule has 0 amide bonds. The van der Waals surface area contributed by atoms with Crippen LogP contribution in [0.2, 0.25) is 0 Å². The first-order valence-corrected chi connectivity index (χ1v) is 7.68. The van der Waals surface area contributed by atoms with Gasteiger partial charge in [0.2, 0.25) is 0 Å². The van der Waals surface area contributed by atoms with E-state index in [-0.39, 0.29) is 5.41 Å². The number of nitrogens with one attached hydrogen (secondary N) is 1. The highest BCUT2D eigenvalue weighted by Crippen LogP contribution is 2.53. The molecule has 1 N–H and O–H groups in total. The number of benzene rings is 1. The molecule has 116 valence electrons. The zero-order chi connectivity index (χ0) is 15.0. The van der Waals surface area contributed by atoms with Crippen molar-refractivity contribution in [2.45, 2.75) is 38.8 Å². The van der Waals surface area contributed by atoms with E-state index in [1.807, 2.05) is 18.2 Å². The highest BCUT2D eigenvalue weighted by atomic mass is 16.5. The summed E-state index contributed by atoms with van der Waals surface area (Å²) in [5.41, 5.74) is 1.14. The zero-order valence-corrected chi connectivity index (χ0v) is 13.3. The Labute approximate surface area is 126 Å². The van der Waals surface area contributed by atoms with E-state index in [0.717, 1.165) is 30.2 Å². The van der Waals surface area contributed by atoms with Gasteiger partial charge >= 0.3 is 0 Å². The average Bonchev–Trinajstić information content (AvgIpc) is 2.52. The number of hydrogen-bond acceptors (Lipinski definition) is 4. The van der Waals surface area contributed by atoms with Gasteiger partial charge in [-0.05, 0) is 25.0 Å². The topological polar surface area (TPSA) is 39.7 Å². The summed E-state index contributed by atoms with van der Waals surface area (Å²) < 4.78 is 16.8. The lowest BCUT2D eigenvalue weighted by molar-refractivity contribution is -0.177. The monoisotopic (exact) mass is 291 g/mol. The standard InChI is InChI=1S/C17H25NO3/c1-17(2)15(12-6-5-9-21-16(12)17)18-13-10-11(19-3)7-8-14(13)20-4/h7-8,10,12,15-16,18H,5-6,9H2,1-4H3. The van der Waals surface area contributed by atoms with Gasteiger partial charge in [-0.15, -0.1) is 0 Å². The molecule has 2 aliphatic rings. The maximum Gasteiger partial charge on any atom is 0.142 e. The quantitative estimate of drug-likeness (QED) is 0.924. The SMILES string of the molecule is COc1ccc(OC)c(NC2C3CCCOC3C2(C)C)c1. The second kappa shape index (κ2) is 5.41. The van der Waals surface area contributed by atoms with Crippen LogP contribution >= 0.6 is 0 Å². The summed E-state index contributed by atoms with van der Waals surface area (Å²) in [6.45, 7) is 5.47. The van der Waals surface area contributed by atoms with E-state index in [2.05, 4.69) is 19.2 Å². The molecule has 0 aromatic heterocycles. The van der Waals surface area contributed by atoms with Crippen molar-refractivity contribution in [1.82, 2.24) is 0 Å². The first kappa shape index (κ1) is 14.5. The molecule has 0 spiro atoms. The molecular formula is C17H25NO3. The molecule has 1 heterocycles. The number of ether oxygens (including phenoxy) is 3. The molecule has 3 unspecified atom stereocenters. The molecular weight excluding hydrogens is 266 g/mol. The van der Waals surface area contributed by atoms with Crippen LogP contribution in [0.5, 0.6) is 11.5 Å². The Balaban J connectivity index is 1.82. The van der Waals surface area contributed by atoms with E-state index in [1.54, 1.807) is 14.2 Å². The summed E-state index contributed by atoms with van der Waals surface area (Å²) in [4.78, 5) is 0. The maximum atomic E-state index is 5.97. The Morgan fingerprint density at radius 1 is 1.24 bits per heavy atom. The minimum Gasteiger partial charge on any atom is -0.497 e. The van der Waals surface area contributed by atoms with Gasteiger partial charge in [-0.3, -0.25) is 0 Å². The minimum atomic E-state index is 0.138. The normalized spacial score (nSPS) is 30.0. The van der Waals surface area contributed by atoms with Gasteiger partial charge in [0.1, 0.15) is 11.5 Å². The third-order valence-corrected chi connectivity index (χ3v) is 5.05. The molecule has 1 saturated carbocycles. The van der Waals surface area contributed by atoms with Crippen molar-refractivity contribution < 1.29 is 14.2 Å². The molecule has 3 rings (SSSR count). The smallest absolute Gasteiger partial charge is 0.142 e. The number of methoxy groups -OCH3 is 2. The van der Waals surface area contributed by atoms with Crippen LogP contribution in [0, 0.1) is 11.3 Å². The van der Waals surface area contributed by atoms with Gasteiger partial charge in [0.25, 0.3) is 0 Å². The van der Waals surface area contributed by atoms with Gasteiger partial charge in [0, 0.05) is 30.0 Å². The third kappa shape index (κ3) is 2.35. The largest absolute Gasteiger partial charge is 0.497 e. The summed E-state index contributed by atoms with van der Waals surface area (Å²) in [7, 11) is 3.38. The lowest BCUT2D eigenvalue weighted by Gasteiger charge is -2.60. The zero-order valence-electron chi connectivity index (χ0n) is 13.3. The summed E-state index contributed by atoms with van der Waals surface area (Å²) in [6, 6.07) is 6.28. The predicted octanol–water partition coefficient (Wildman–Crippen LogP) is 3.32. The third-order valence-electron chi connectivity index (χ3n) is 5.05. The highest BCUT2D eigenvalue weighted by molar-refractivity contribution is 5.61. The molecule has 1 aliphatic carbocycles. The highest BCUT2D eigenvalue weighted by Gasteiger charge is 2.58. The van der Waals surface area contributed by atoms with Crippen LogP contribution in [0.4, 0.5) is 5.69 Å². The van der Waals surface area contributed by atoms with Crippen molar-refractivity contribution in [3.63, 3.8) is 0 Å². The van der Waals surface area contributed by atoms with Crippen molar-refractivity contribution >= 4 is 5.69 Å². The number of rotatable bonds is 4. The van der Waals surface area contributed by atoms with Crippen LogP contribution in [-0.4, -0.2) is 33.0 Å². The van der Waals surface area contributed by atoms with Gasteiger partial charge in [-0.1, -0.05) is 13.8 Å². The lowest BCUT2D eigenvalue weighted by atomic mass is 9.55. The van der Waals surface area contributed by atoms with E-state index in [1.165, 1.54) is 6.42 Å². The first-order chi connectivity index (χ1) is 10.1. The van der Waals surface area contributed by atoms with Gasteiger partial charge < -0.3 is 19.5 Å². The number of hydrogen-bond donors (Lipinski definition) is 1. The van der Waals surface area contributed by atoms with Gasteiger partial charge in [0.15, 0.2) is 0 Å². The molecule has 1 aliphatic heterocycles. The fraction of sp³-hybridized carbons (Fsp3) is 0.647. The Hall–Kier alpha value is -1.42. The maximum absolute atomic E-state index is 5.97. The van der Waals surface area contributed by atoms with Crippen molar-refractivity contribution in [3.05, 3.63) is 18.2 Å². The summed E-state index contributed by atoms with van der Waals surface area (Å²) in [5, 5.41) is 3.68. The van der Waals surface area contributed by atoms with Crippen LogP contribution in [0.3, 0.4) is 0 Å². The van der Waals surface area contributed by atoms with E-state index in [4.69, 9.17) is 14.2 Å². The lowest BCUT2D eigenvalue weighted by Crippen LogP contribution is -2.67. The molecule has 4 heteroatoms. The Kier molecular flexibility index (Phi) is 3.74. The summed E-state index contributed by atoms with van der Waals surface area (Å²) in [5.74, 6) is 2.28. The van der Waals surface area contributed by atoms with Crippen LogP contribution in [0.1, 0.15) is 26.7 Å². The molecule has 0 radical (unpaired) electrons. The second-order valence-electron chi connectivity index (χ2n) is 6.61. The van der Waals surface area contributed by atoms with Crippen LogP contribution in [0.15, 0.2) is 18.2 Å². The fourth-order valence-electron chi connectivity index (χ4n) is 3.91. The van der Waals surface area contributed by atoms with Crippen LogP contribution in [-0.2, 0) is 4.74 Å². The van der Waals surface area contributed by atoms with Crippen molar-refractivity contribution in [2.75, 3.05) is 26.1 Å². The predicted molar refractivity (Wildman–Crippen MR) is 83.2 cm³/mol. The van der Waals surface area contributed by atoms with Gasteiger partial charge in [0.05, 0.1) is 26.0 Å². The minimum absolute atomic E-state index is 0.138. The van der Waals surface area contributed by atoms with Gasteiger partial charge in [-0.25, -0.2) is 0 Å². The van der Waals surface area contributed by atoms with Gasteiger partial charge in [-0.2, -0.15) is 0 Å². The summed E-state index contributed by atoms with van der Waals surface area (Å²) >= 11 is 0. The molecule has 2 fully saturated rings. The van der Waals surface area contributed by atoms with Crippen molar-refractivity contribution in [1.29, 1.82) is 0 Å². The number of anilines is 1. The Morgan fingerprint density at radius 2 is 2.05 bits per heavy atom. The summed E-state index contributed by atoms with van der Waals surface area (Å²) in [6.07, 6.45) is 2.77. The first-order valence-electron chi connectivity index (χ1n) is 7.68. The van der Waals surface area contributed by atoms with Crippen molar-refractivity contribution in [3.8, 4) is 11.5 Å². The molecule has 1 aromatic carbocycles.